The molecule has 0 radical (unpaired) electrons. The summed E-state index contributed by atoms with van der Waals surface area (Å²) < 4.78 is 6.67. The average molecular weight is 247 g/mol. The van der Waals surface area contributed by atoms with Crippen LogP contribution >= 0.6 is 11.6 Å². The number of aliphatic carboxylic acids is 1. The van der Waals surface area contributed by atoms with Gasteiger partial charge in [0.1, 0.15) is 0 Å². The van der Waals surface area contributed by atoms with Crippen LogP contribution in [0.15, 0.2) is 0 Å². The molecular weight excluding hydrogens is 232 g/mol. The molecule has 0 fully saturated rings. The Morgan fingerprint density at radius 2 is 2.25 bits per heavy atom. The van der Waals surface area contributed by atoms with Gasteiger partial charge in [0.05, 0.1) is 23.0 Å². The second-order valence-electron chi connectivity index (χ2n) is 3.45. The number of hydrogen-bond acceptors (Lipinski definition) is 3. The molecule has 1 N–H and O–H groups in total. The van der Waals surface area contributed by atoms with E-state index in [1.807, 2.05) is 0 Å². The quantitative estimate of drug-likeness (QED) is 0.858. The Balaban J connectivity index is 2.85. The Labute approximate surface area is 99.0 Å². The third kappa shape index (κ3) is 2.74. The van der Waals surface area contributed by atoms with Gasteiger partial charge in [-0.25, -0.2) is 4.79 Å². The average Bonchev–Trinajstić information content (AvgIpc) is 2.45. The van der Waals surface area contributed by atoms with Crippen LogP contribution in [0.25, 0.3) is 0 Å². The van der Waals surface area contributed by atoms with Crippen molar-refractivity contribution >= 4 is 17.6 Å². The van der Waals surface area contributed by atoms with E-state index in [1.54, 1.807) is 25.5 Å². The van der Waals surface area contributed by atoms with Crippen LogP contribution in [0.4, 0.5) is 0 Å². The minimum absolute atomic E-state index is 0.169. The fraction of sp³-hybridized carbons (Fsp3) is 0.600. The highest BCUT2D eigenvalue weighted by atomic mass is 35.5. The molecule has 0 aromatic carbocycles. The first-order valence-corrected chi connectivity index (χ1v) is 5.39. The first-order chi connectivity index (χ1) is 7.47. The van der Waals surface area contributed by atoms with E-state index in [1.165, 1.54) is 0 Å². The molecule has 1 unspecified atom stereocenters. The summed E-state index contributed by atoms with van der Waals surface area (Å²) in [7, 11) is 0. The normalized spacial score (nSPS) is 12.8. The molecule has 1 aromatic heterocycles. The van der Waals surface area contributed by atoms with Crippen molar-refractivity contribution in [2.24, 2.45) is 0 Å². The lowest BCUT2D eigenvalue weighted by Crippen LogP contribution is -2.30. The van der Waals surface area contributed by atoms with Crippen molar-refractivity contribution in [1.29, 1.82) is 0 Å². The summed E-state index contributed by atoms with van der Waals surface area (Å²) in [5.74, 6) is -0.995. The maximum absolute atomic E-state index is 10.9. The van der Waals surface area contributed by atoms with E-state index in [9.17, 15) is 4.79 Å². The van der Waals surface area contributed by atoms with E-state index in [0.29, 0.717) is 17.3 Å². The van der Waals surface area contributed by atoms with E-state index < -0.39 is 12.1 Å². The zero-order chi connectivity index (χ0) is 12.3. The molecule has 0 aliphatic carbocycles. The monoisotopic (exact) mass is 246 g/mol. The van der Waals surface area contributed by atoms with Crippen LogP contribution in [0.5, 0.6) is 0 Å². The van der Waals surface area contributed by atoms with E-state index >= 15 is 0 Å². The summed E-state index contributed by atoms with van der Waals surface area (Å²) in [6, 6.07) is 0. The molecule has 1 heterocycles. The second-order valence-corrected chi connectivity index (χ2v) is 3.83. The molecule has 0 saturated heterocycles. The molecule has 0 amide bonds. The van der Waals surface area contributed by atoms with Gasteiger partial charge in [-0.2, -0.15) is 5.10 Å². The predicted molar refractivity (Wildman–Crippen MR) is 59.8 cm³/mol. The Morgan fingerprint density at radius 3 is 2.62 bits per heavy atom. The topological polar surface area (TPSA) is 64.4 Å². The van der Waals surface area contributed by atoms with Crippen LogP contribution in [0.3, 0.4) is 0 Å². The highest BCUT2D eigenvalue weighted by Crippen LogP contribution is 2.19. The van der Waals surface area contributed by atoms with E-state index in [-0.39, 0.29) is 6.54 Å². The number of carboxylic acid groups (broad SMARTS) is 1. The molecule has 1 atom stereocenters. The van der Waals surface area contributed by atoms with Crippen molar-refractivity contribution in [3.05, 3.63) is 16.4 Å². The van der Waals surface area contributed by atoms with Gasteiger partial charge in [0.2, 0.25) is 0 Å². The maximum atomic E-state index is 10.9. The molecule has 5 nitrogen and oxygen atoms in total. The van der Waals surface area contributed by atoms with Gasteiger partial charge in [-0.15, -0.1) is 0 Å². The lowest BCUT2D eigenvalue weighted by atomic mass is 10.3. The van der Waals surface area contributed by atoms with Crippen LogP contribution in [0.2, 0.25) is 5.02 Å². The number of nitrogens with zero attached hydrogens (tertiary/aromatic N) is 2. The number of carboxylic acids is 1. The lowest BCUT2D eigenvalue weighted by Gasteiger charge is -2.13. The van der Waals surface area contributed by atoms with Crippen molar-refractivity contribution in [3.8, 4) is 0 Å². The number of ether oxygens (including phenoxy) is 1. The molecule has 0 spiro atoms. The van der Waals surface area contributed by atoms with Gasteiger partial charge in [-0.1, -0.05) is 11.6 Å². The fourth-order valence-corrected chi connectivity index (χ4v) is 1.55. The molecule has 1 aromatic rings. The number of halogens is 1. The number of hydrogen-bond donors (Lipinski definition) is 1. The minimum atomic E-state index is -0.995. The van der Waals surface area contributed by atoms with Crippen molar-refractivity contribution in [2.45, 2.75) is 33.4 Å². The SMILES string of the molecule is CCOC(Cn1nc(C)c(Cl)c1C)C(=O)O. The van der Waals surface area contributed by atoms with Gasteiger partial charge in [0.25, 0.3) is 0 Å². The largest absolute Gasteiger partial charge is 0.479 e. The minimum Gasteiger partial charge on any atom is -0.479 e. The highest BCUT2D eigenvalue weighted by molar-refractivity contribution is 6.31. The van der Waals surface area contributed by atoms with Crippen LogP contribution in [0, 0.1) is 13.8 Å². The Morgan fingerprint density at radius 1 is 1.62 bits per heavy atom. The second kappa shape index (κ2) is 5.32. The number of aromatic nitrogens is 2. The molecule has 6 heteroatoms. The molecule has 1 rings (SSSR count). The first-order valence-electron chi connectivity index (χ1n) is 5.01. The van der Waals surface area contributed by atoms with Gasteiger partial charge in [0, 0.05) is 6.61 Å². The number of rotatable bonds is 5. The summed E-state index contributed by atoms with van der Waals surface area (Å²) in [6.45, 7) is 5.85. The summed E-state index contributed by atoms with van der Waals surface area (Å²) in [4.78, 5) is 10.9. The summed E-state index contributed by atoms with van der Waals surface area (Å²) in [5, 5.41) is 13.7. The molecule has 0 aliphatic heterocycles. The van der Waals surface area contributed by atoms with E-state index in [4.69, 9.17) is 21.4 Å². The summed E-state index contributed by atoms with van der Waals surface area (Å²) in [6.07, 6.45) is -0.890. The van der Waals surface area contributed by atoms with E-state index in [2.05, 4.69) is 5.10 Å². The van der Waals surface area contributed by atoms with Crippen LogP contribution in [-0.4, -0.2) is 33.6 Å². The number of aryl methyl sites for hydroxylation is 1. The lowest BCUT2D eigenvalue weighted by molar-refractivity contribution is -0.151. The summed E-state index contributed by atoms with van der Waals surface area (Å²) >= 11 is 5.97. The molecular formula is C10H15ClN2O3. The van der Waals surface area contributed by atoms with Crippen molar-refractivity contribution in [2.75, 3.05) is 6.61 Å². The van der Waals surface area contributed by atoms with Crippen LogP contribution in [0.1, 0.15) is 18.3 Å². The molecule has 0 aliphatic rings. The van der Waals surface area contributed by atoms with Gasteiger partial charge in [-0.3, -0.25) is 4.68 Å². The fourth-order valence-electron chi connectivity index (χ4n) is 1.41. The molecule has 16 heavy (non-hydrogen) atoms. The van der Waals surface area contributed by atoms with Crippen LogP contribution < -0.4 is 0 Å². The highest BCUT2D eigenvalue weighted by Gasteiger charge is 2.20. The maximum Gasteiger partial charge on any atom is 0.334 e. The van der Waals surface area contributed by atoms with Gasteiger partial charge in [0.15, 0.2) is 6.10 Å². The Hall–Kier alpha value is -1.07. The smallest absolute Gasteiger partial charge is 0.334 e. The number of carbonyl (C=O) groups is 1. The third-order valence-electron chi connectivity index (χ3n) is 2.28. The summed E-state index contributed by atoms with van der Waals surface area (Å²) in [5.41, 5.74) is 1.45. The van der Waals surface area contributed by atoms with Crippen molar-refractivity contribution in [3.63, 3.8) is 0 Å². The zero-order valence-electron chi connectivity index (χ0n) is 9.53. The standard InChI is InChI=1S/C10H15ClN2O3/c1-4-16-8(10(14)15)5-13-7(3)9(11)6(2)12-13/h8H,4-5H2,1-3H3,(H,14,15). The van der Waals surface area contributed by atoms with Crippen molar-refractivity contribution < 1.29 is 14.6 Å². The molecule has 0 saturated carbocycles. The van der Waals surface area contributed by atoms with Gasteiger partial charge in [-0.05, 0) is 20.8 Å². The van der Waals surface area contributed by atoms with Gasteiger partial charge < -0.3 is 9.84 Å². The molecule has 90 valence electrons. The first kappa shape index (κ1) is 13.0. The predicted octanol–water partition coefficient (Wildman–Crippen LogP) is 1.64. The Kier molecular flexibility index (Phi) is 4.32. The van der Waals surface area contributed by atoms with Crippen LogP contribution in [-0.2, 0) is 16.1 Å². The zero-order valence-corrected chi connectivity index (χ0v) is 10.3. The molecule has 0 bridgehead atoms. The van der Waals surface area contributed by atoms with Gasteiger partial charge >= 0.3 is 5.97 Å². The van der Waals surface area contributed by atoms with E-state index in [0.717, 1.165) is 5.69 Å². The third-order valence-corrected chi connectivity index (χ3v) is 2.82. The van der Waals surface area contributed by atoms with Crippen molar-refractivity contribution in [1.82, 2.24) is 9.78 Å². The Bertz CT molecular complexity index is 390.